The maximum atomic E-state index is 5.77. The minimum absolute atomic E-state index is 0.372. The van der Waals surface area contributed by atoms with Crippen molar-refractivity contribution < 1.29 is 4.74 Å². The molecular formula is C16H19NOS. The fraction of sp³-hybridized carbons (Fsp3) is 0.375. The molecule has 2 nitrogen and oxygen atoms in total. The van der Waals surface area contributed by atoms with Gasteiger partial charge in [0, 0.05) is 16.8 Å². The fourth-order valence-electron chi connectivity index (χ4n) is 3.01. The van der Waals surface area contributed by atoms with Crippen molar-refractivity contribution in [1.82, 2.24) is 5.32 Å². The summed E-state index contributed by atoms with van der Waals surface area (Å²) in [5.74, 6) is 1.54. The van der Waals surface area contributed by atoms with Gasteiger partial charge in [-0.05, 0) is 49.0 Å². The number of hydrogen-bond donors (Lipinski definition) is 1. The molecule has 3 rings (SSSR count). The van der Waals surface area contributed by atoms with Crippen LogP contribution in [-0.2, 0) is 0 Å². The van der Waals surface area contributed by atoms with Crippen LogP contribution in [0.5, 0.6) is 5.75 Å². The topological polar surface area (TPSA) is 21.3 Å². The molecule has 0 saturated carbocycles. The number of thiophene rings is 1. The molecule has 0 saturated heterocycles. The normalized spacial score (nSPS) is 19.6. The molecule has 100 valence electrons. The van der Waals surface area contributed by atoms with Gasteiger partial charge in [0.25, 0.3) is 0 Å². The van der Waals surface area contributed by atoms with Crippen LogP contribution in [0.3, 0.4) is 0 Å². The third-order valence-electron chi connectivity index (χ3n) is 3.95. The van der Waals surface area contributed by atoms with E-state index in [1.165, 1.54) is 16.0 Å². The van der Waals surface area contributed by atoms with Crippen molar-refractivity contribution in [2.75, 3.05) is 13.7 Å². The average molecular weight is 273 g/mol. The zero-order valence-electron chi connectivity index (χ0n) is 11.3. The van der Waals surface area contributed by atoms with Crippen LogP contribution in [-0.4, -0.2) is 13.7 Å². The minimum Gasteiger partial charge on any atom is -0.493 e. The summed E-state index contributed by atoms with van der Waals surface area (Å²) >= 11 is 1.82. The highest BCUT2D eigenvalue weighted by Gasteiger charge is 2.29. The molecule has 2 heterocycles. The third kappa shape index (κ3) is 2.28. The molecule has 0 radical (unpaired) electrons. The molecule has 0 aliphatic carbocycles. The summed E-state index contributed by atoms with van der Waals surface area (Å²) in [6, 6.07) is 11.1. The maximum absolute atomic E-state index is 5.77. The molecule has 0 fully saturated rings. The molecule has 0 bridgehead atoms. The number of rotatable bonds is 3. The lowest BCUT2D eigenvalue weighted by atomic mass is 9.83. The Balaban J connectivity index is 2.00. The Morgan fingerprint density at radius 2 is 2.16 bits per heavy atom. The van der Waals surface area contributed by atoms with E-state index in [-0.39, 0.29) is 0 Å². The van der Waals surface area contributed by atoms with Crippen molar-refractivity contribution in [3.8, 4) is 5.75 Å². The van der Waals surface area contributed by atoms with E-state index >= 15 is 0 Å². The van der Waals surface area contributed by atoms with Gasteiger partial charge in [-0.1, -0.05) is 18.2 Å². The monoisotopic (exact) mass is 273 g/mol. The first kappa shape index (κ1) is 12.7. The molecule has 2 aromatic rings. The highest BCUT2D eigenvalue weighted by molar-refractivity contribution is 7.10. The SMILES string of the molecule is CNC(c1ccsc1C)C1CCOc2ccccc21. The summed E-state index contributed by atoms with van der Waals surface area (Å²) in [4.78, 5) is 1.41. The van der Waals surface area contributed by atoms with E-state index in [1.54, 1.807) is 0 Å². The first-order valence-electron chi connectivity index (χ1n) is 6.74. The molecule has 2 unspecified atom stereocenters. The highest BCUT2D eigenvalue weighted by atomic mass is 32.1. The van der Waals surface area contributed by atoms with Gasteiger partial charge in [-0.25, -0.2) is 0 Å². The predicted molar refractivity (Wildman–Crippen MR) is 80.2 cm³/mol. The Kier molecular flexibility index (Phi) is 3.58. The number of nitrogens with one attached hydrogen (secondary N) is 1. The smallest absolute Gasteiger partial charge is 0.122 e. The Morgan fingerprint density at radius 1 is 1.32 bits per heavy atom. The van der Waals surface area contributed by atoms with Crippen LogP contribution in [0.1, 0.15) is 34.4 Å². The first-order chi connectivity index (χ1) is 9.31. The quantitative estimate of drug-likeness (QED) is 0.916. The van der Waals surface area contributed by atoms with Crippen molar-refractivity contribution in [1.29, 1.82) is 0 Å². The molecule has 1 N–H and O–H groups in total. The first-order valence-corrected chi connectivity index (χ1v) is 7.62. The molecule has 1 aromatic heterocycles. The third-order valence-corrected chi connectivity index (χ3v) is 4.81. The van der Waals surface area contributed by atoms with Crippen molar-refractivity contribution >= 4 is 11.3 Å². The lowest BCUT2D eigenvalue weighted by Crippen LogP contribution is -2.28. The number of ether oxygens (including phenoxy) is 1. The van der Waals surface area contributed by atoms with Crippen molar-refractivity contribution in [2.45, 2.75) is 25.3 Å². The van der Waals surface area contributed by atoms with Gasteiger partial charge in [-0.3, -0.25) is 0 Å². The van der Waals surface area contributed by atoms with Gasteiger partial charge in [-0.2, -0.15) is 0 Å². The van der Waals surface area contributed by atoms with Crippen LogP contribution in [0, 0.1) is 6.92 Å². The second kappa shape index (κ2) is 5.35. The molecule has 0 amide bonds. The molecule has 0 spiro atoms. The molecule has 2 atom stereocenters. The summed E-state index contributed by atoms with van der Waals surface area (Å²) in [5, 5.41) is 5.69. The molecule has 3 heteroatoms. The Morgan fingerprint density at radius 3 is 2.89 bits per heavy atom. The van der Waals surface area contributed by atoms with Crippen LogP contribution < -0.4 is 10.1 Å². The number of para-hydroxylation sites is 1. The van der Waals surface area contributed by atoms with E-state index in [1.807, 2.05) is 17.4 Å². The van der Waals surface area contributed by atoms with E-state index < -0.39 is 0 Å². The average Bonchev–Trinajstić information content (AvgIpc) is 2.86. The van der Waals surface area contributed by atoms with Gasteiger partial charge in [0.1, 0.15) is 5.75 Å². The summed E-state index contributed by atoms with van der Waals surface area (Å²) in [7, 11) is 2.06. The van der Waals surface area contributed by atoms with E-state index in [0.717, 1.165) is 18.8 Å². The lowest BCUT2D eigenvalue weighted by Gasteiger charge is -2.32. The molecule has 1 aromatic carbocycles. The second-order valence-electron chi connectivity index (χ2n) is 4.98. The number of aryl methyl sites for hydroxylation is 1. The van der Waals surface area contributed by atoms with Gasteiger partial charge in [0.15, 0.2) is 0 Å². The summed E-state index contributed by atoms with van der Waals surface area (Å²) in [6.45, 7) is 3.01. The van der Waals surface area contributed by atoms with Crippen molar-refractivity contribution in [3.63, 3.8) is 0 Å². The van der Waals surface area contributed by atoms with Crippen LogP contribution >= 0.6 is 11.3 Å². The summed E-state index contributed by atoms with van der Waals surface area (Å²) in [6.07, 6.45) is 1.07. The van der Waals surface area contributed by atoms with Gasteiger partial charge in [0.2, 0.25) is 0 Å². The molecule has 19 heavy (non-hydrogen) atoms. The standard InChI is InChI=1S/C16H19NOS/c1-11-12(8-10-19-11)16(17-2)14-7-9-18-15-6-4-3-5-13(14)15/h3-6,8,10,14,16-17H,7,9H2,1-2H3. The van der Waals surface area contributed by atoms with E-state index in [2.05, 4.69) is 48.9 Å². The molecule has 1 aliphatic heterocycles. The number of benzene rings is 1. The Hall–Kier alpha value is -1.32. The van der Waals surface area contributed by atoms with Gasteiger partial charge in [-0.15, -0.1) is 11.3 Å². The Labute approximate surface area is 118 Å². The molecule has 1 aliphatic rings. The number of likely N-dealkylation sites (N-methyl/N-ethyl adjacent to an activating group) is 1. The van der Waals surface area contributed by atoms with Crippen LogP contribution in [0.25, 0.3) is 0 Å². The second-order valence-corrected chi connectivity index (χ2v) is 6.10. The maximum Gasteiger partial charge on any atom is 0.122 e. The fourth-order valence-corrected chi connectivity index (χ4v) is 3.76. The summed E-state index contributed by atoms with van der Waals surface area (Å²) < 4.78 is 5.77. The number of fused-ring (bicyclic) bond motifs is 1. The van der Waals surface area contributed by atoms with Crippen LogP contribution in [0.15, 0.2) is 35.7 Å². The van der Waals surface area contributed by atoms with E-state index in [9.17, 15) is 0 Å². The zero-order chi connectivity index (χ0) is 13.2. The van der Waals surface area contributed by atoms with E-state index in [4.69, 9.17) is 4.74 Å². The Bertz CT molecular complexity index is 563. The summed E-state index contributed by atoms with van der Waals surface area (Å²) in [5.41, 5.74) is 2.76. The van der Waals surface area contributed by atoms with Crippen LogP contribution in [0.4, 0.5) is 0 Å². The lowest BCUT2D eigenvalue weighted by molar-refractivity contribution is 0.248. The van der Waals surface area contributed by atoms with Crippen molar-refractivity contribution in [2.24, 2.45) is 0 Å². The van der Waals surface area contributed by atoms with Crippen molar-refractivity contribution in [3.05, 3.63) is 51.7 Å². The minimum atomic E-state index is 0.372. The van der Waals surface area contributed by atoms with Crippen LogP contribution in [0.2, 0.25) is 0 Å². The number of hydrogen-bond acceptors (Lipinski definition) is 3. The van der Waals surface area contributed by atoms with Gasteiger partial charge >= 0.3 is 0 Å². The zero-order valence-corrected chi connectivity index (χ0v) is 12.2. The molecular weight excluding hydrogens is 254 g/mol. The van der Waals surface area contributed by atoms with Gasteiger partial charge in [0.05, 0.1) is 6.61 Å². The predicted octanol–water partition coefficient (Wildman–Crippen LogP) is 3.88. The largest absolute Gasteiger partial charge is 0.493 e. The highest BCUT2D eigenvalue weighted by Crippen LogP contribution is 2.42. The van der Waals surface area contributed by atoms with Gasteiger partial charge < -0.3 is 10.1 Å². The van der Waals surface area contributed by atoms with E-state index in [0.29, 0.717) is 12.0 Å².